The van der Waals surface area contributed by atoms with E-state index < -0.39 is 0 Å². The standard InChI is InChI=1S/C15H24N4O2/c1-11-16-14(21-17-11)10-19-7-5-12(6-8-19)9-18(2)15(20)13-3-4-13/h12-13H,3-10H2,1-2H3. The van der Waals surface area contributed by atoms with E-state index in [1.807, 2.05) is 18.9 Å². The summed E-state index contributed by atoms with van der Waals surface area (Å²) in [7, 11) is 1.95. The molecular formula is C15H24N4O2. The summed E-state index contributed by atoms with van der Waals surface area (Å²) < 4.78 is 5.17. The summed E-state index contributed by atoms with van der Waals surface area (Å²) in [6, 6.07) is 0. The Morgan fingerprint density at radius 2 is 2.05 bits per heavy atom. The van der Waals surface area contributed by atoms with Crippen molar-refractivity contribution in [2.75, 3.05) is 26.7 Å². The summed E-state index contributed by atoms with van der Waals surface area (Å²) >= 11 is 0. The van der Waals surface area contributed by atoms with Gasteiger partial charge in [0.25, 0.3) is 0 Å². The van der Waals surface area contributed by atoms with Crippen LogP contribution in [0.4, 0.5) is 0 Å². The third kappa shape index (κ3) is 3.81. The number of aromatic nitrogens is 2. The van der Waals surface area contributed by atoms with Crippen LogP contribution < -0.4 is 0 Å². The Labute approximate surface area is 125 Å². The maximum absolute atomic E-state index is 12.0. The molecule has 2 fully saturated rings. The van der Waals surface area contributed by atoms with E-state index in [4.69, 9.17) is 4.52 Å². The fraction of sp³-hybridized carbons (Fsp3) is 0.800. The van der Waals surface area contributed by atoms with Crippen LogP contribution in [0.15, 0.2) is 4.52 Å². The van der Waals surface area contributed by atoms with Gasteiger partial charge in [-0.15, -0.1) is 0 Å². The molecule has 1 aliphatic heterocycles. The molecule has 0 N–H and O–H groups in total. The molecule has 0 spiro atoms. The highest BCUT2D eigenvalue weighted by Crippen LogP contribution is 2.31. The quantitative estimate of drug-likeness (QED) is 0.822. The molecule has 2 aliphatic rings. The molecule has 1 saturated carbocycles. The average Bonchev–Trinajstić information content (AvgIpc) is 3.24. The lowest BCUT2D eigenvalue weighted by Gasteiger charge is -2.33. The molecule has 0 unspecified atom stereocenters. The van der Waals surface area contributed by atoms with Crippen LogP contribution in [0.25, 0.3) is 0 Å². The molecule has 0 bridgehead atoms. The second-order valence-corrected chi connectivity index (χ2v) is 6.45. The zero-order valence-electron chi connectivity index (χ0n) is 12.9. The maximum Gasteiger partial charge on any atom is 0.240 e. The molecule has 0 atom stereocenters. The van der Waals surface area contributed by atoms with E-state index in [1.165, 1.54) is 0 Å². The van der Waals surface area contributed by atoms with Crippen LogP contribution in [-0.2, 0) is 11.3 Å². The maximum atomic E-state index is 12.0. The van der Waals surface area contributed by atoms with E-state index in [2.05, 4.69) is 15.0 Å². The Kier molecular flexibility index (Phi) is 4.24. The van der Waals surface area contributed by atoms with Crippen molar-refractivity contribution in [1.82, 2.24) is 19.9 Å². The van der Waals surface area contributed by atoms with E-state index in [-0.39, 0.29) is 0 Å². The van der Waals surface area contributed by atoms with Gasteiger partial charge in [-0.1, -0.05) is 5.16 Å². The van der Waals surface area contributed by atoms with Crippen molar-refractivity contribution in [3.8, 4) is 0 Å². The molecule has 1 saturated heterocycles. The van der Waals surface area contributed by atoms with E-state index in [0.29, 0.717) is 29.5 Å². The zero-order chi connectivity index (χ0) is 14.8. The van der Waals surface area contributed by atoms with Crippen LogP contribution in [0.2, 0.25) is 0 Å². The second kappa shape index (κ2) is 6.13. The molecule has 1 aromatic rings. The fourth-order valence-corrected chi connectivity index (χ4v) is 3.04. The lowest BCUT2D eigenvalue weighted by Crippen LogP contribution is -2.39. The van der Waals surface area contributed by atoms with Gasteiger partial charge in [0.05, 0.1) is 6.54 Å². The predicted molar refractivity (Wildman–Crippen MR) is 77.4 cm³/mol. The van der Waals surface area contributed by atoms with Crippen molar-refractivity contribution in [3.05, 3.63) is 11.7 Å². The Hall–Kier alpha value is -1.43. The lowest BCUT2D eigenvalue weighted by atomic mass is 9.96. The zero-order valence-corrected chi connectivity index (χ0v) is 12.9. The number of aryl methyl sites for hydroxylation is 1. The molecule has 3 rings (SSSR count). The number of rotatable bonds is 5. The van der Waals surface area contributed by atoms with E-state index in [9.17, 15) is 4.79 Å². The predicted octanol–water partition coefficient (Wildman–Crippen LogP) is 1.46. The minimum Gasteiger partial charge on any atom is -0.345 e. The van der Waals surface area contributed by atoms with Gasteiger partial charge in [-0.2, -0.15) is 4.98 Å². The highest BCUT2D eigenvalue weighted by molar-refractivity contribution is 5.80. The van der Waals surface area contributed by atoms with E-state index in [0.717, 1.165) is 51.9 Å². The fourth-order valence-electron chi connectivity index (χ4n) is 3.04. The van der Waals surface area contributed by atoms with Crippen molar-refractivity contribution in [1.29, 1.82) is 0 Å². The molecule has 1 aliphatic carbocycles. The smallest absolute Gasteiger partial charge is 0.240 e. The van der Waals surface area contributed by atoms with Crippen LogP contribution in [0, 0.1) is 18.8 Å². The van der Waals surface area contributed by atoms with Crippen LogP contribution in [-0.4, -0.2) is 52.5 Å². The molecule has 116 valence electrons. The van der Waals surface area contributed by atoms with Gasteiger partial charge in [0.1, 0.15) is 0 Å². The Morgan fingerprint density at radius 3 is 2.62 bits per heavy atom. The Morgan fingerprint density at radius 1 is 1.33 bits per heavy atom. The summed E-state index contributed by atoms with van der Waals surface area (Å²) in [4.78, 5) is 20.5. The van der Waals surface area contributed by atoms with Crippen molar-refractivity contribution in [2.45, 2.75) is 39.2 Å². The summed E-state index contributed by atoms with van der Waals surface area (Å²) in [6.07, 6.45) is 4.45. The van der Waals surface area contributed by atoms with Gasteiger partial charge < -0.3 is 9.42 Å². The highest BCUT2D eigenvalue weighted by Gasteiger charge is 2.33. The molecule has 2 heterocycles. The minimum absolute atomic E-state index is 0.329. The topological polar surface area (TPSA) is 62.5 Å². The first-order chi connectivity index (χ1) is 10.1. The van der Waals surface area contributed by atoms with Gasteiger partial charge in [-0.25, -0.2) is 0 Å². The van der Waals surface area contributed by atoms with Crippen LogP contribution in [0.3, 0.4) is 0 Å². The molecule has 6 heteroatoms. The van der Waals surface area contributed by atoms with Crippen molar-refractivity contribution >= 4 is 5.91 Å². The first kappa shape index (κ1) is 14.5. The molecule has 0 aromatic carbocycles. The largest absolute Gasteiger partial charge is 0.345 e. The molecule has 1 aromatic heterocycles. The number of carbonyl (C=O) groups is 1. The normalized spacial score (nSPS) is 20.7. The number of nitrogens with zero attached hydrogens (tertiary/aromatic N) is 4. The van der Waals surface area contributed by atoms with Gasteiger partial charge in [0.2, 0.25) is 11.8 Å². The lowest BCUT2D eigenvalue weighted by molar-refractivity contribution is -0.132. The van der Waals surface area contributed by atoms with Gasteiger partial charge >= 0.3 is 0 Å². The number of piperidine rings is 1. The second-order valence-electron chi connectivity index (χ2n) is 6.45. The Bertz CT molecular complexity index is 490. The van der Waals surface area contributed by atoms with Crippen LogP contribution in [0.5, 0.6) is 0 Å². The molecule has 0 radical (unpaired) electrons. The number of amides is 1. The first-order valence-electron chi connectivity index (χ1n) is 7.88. The molecule has 21 heavy (non-hydrogen) atoms. The summed E-state index contributed by atoms with van der Waals surface area (Å²) in [5, 5.41) is 3.82. The highest BCUT2D eigenvalue weighted by atomic mass is 16.5. The number of carbonyl (C=O) groups excluding carboxylic acids is 1. The SMILES string of the molecule is Cc1noc(CN2CCC(CN(C)C(=O)C3CC3)CC2)n1. The average molecular weight is 292 g/mol. The number of hydrogen-bond acceptors (Lipinski definition) is 5. The van der Waals surface area contributed by atoms with Crippen LogP contribution in [0.1, 0.15) is 37.4 Å². The molecular weight excluding hydrogens is 268 g/mol. The first-order valence-corrected chi connectivity index (χ1v) is 7.88. The van der Waals surface area contributed by atoms with Crippen molar-refractivity contribution in [3.63, 3.8) is 0 Å². The van der Waals surface area contributed by atoms with Gasteiger partial charge in [0, 0.05) is 19.5 Å². The van der Waals surface area contributed by atoms with Gasteiger partial charge in [-0.05, 0) is 51.6 Å². The summed E-state index contributed by atoms with van der Waals surface area (Å²) in [6.45, 7) is 5.56. The third-order valence-corrected chi connectivity index (χ3v) is 4.47. The van der Waals surface area contributed by atoms with E-state index in [1.54, 1.807) is 0 Å². The monoisotopic (exact) mass is 292 g/mol. The third-order valence-electron chi connectivity index (χ3n) is 4.47. The van der Waals surface area contributed by atoms with Crippen molar-refractivity contribution < 1.29 is 9.32 Å². The summed E-state index contributed by atoms with van der Waals surface area (Å²) in [5.41, 5.74) is 0. The van der Waals surface area contributed by atoms with Gasteiger partial charge in [0.15, 0.2) is 5.82 Å². The van der Waals surface area contributed by atoms with Gasteiger partial charge in [-0.3, -0.25) is 9.69 Å². The van der Waals surface area contributed by atoms with Crippen LogP contribution >= 0.6 is 0 Å². The summed E-state index contributed by atoms with van der Waals surface area (Å²) in [5.74, 6) is 2.69. The minimum atomic E-state index is 0.329. The number of hydrogen-bond donors (Lipinski definition) is 0. The van der Waals surface area contributed by atoms with Crippen molar-refractivity contribution in [2.24, 2.45) is 11.8 Å². The van der Waals surface area contributed by atoms with E-state index >= 15 is 0 Å². The molecule has 1 amide bonds. The Balaban J connectivity index is 1.41. The molecule has 6 nitrogen and oxygen atoms in total. The number of likely N-dealkylation sites (tertiary alicyclic amines) is 1.